The summed E-state index contributed by atoms with van der Waals surface area (Å²) in [4.78, 5) is 12.1. The third kappa shape index (κ3) is 9.56. The summed E-state index contributed by atoms with van der Waals surface area (Å²) in [6, 6.07) is 0. The molecule has 3 aliphatic rings. The van der Waals surface area contributed by atoms with E-state index in [1.165, 1.54) is 116 Å². The average molecular weight is 461 g/mol. The fourth-order valence-electron chi connectivity index (χ4n) is 7.51. The van der Waals surface area contributed by atoms with Crippen molar-refractivity contribution >= 4 is 5.97 Å². The van der Waals surface area contributed by atoms with Gasteiger partial charge in [-0.1, -0.05) is 78.1 Å². The van der Waals surface area contributed by atoms with Crippen molar-refractivity contribution in [1.29, 1.82) is 0 Å². The number of unbranched alkanes of at least 4 members (excludes halogenated alkanes) is 6. The molecular formula is C31H56O2. The van der Waals surface area contributed by atoms with Crippen LogP contribution in [0.15, 0.2) is 0 Å². The highest BCUT2D eigenvalue weighted by atomic mass is 16.5. The van der Waals surface area contributed by atoms with E-state index in [1.54, 1.807) is 0 Å². The fraction of sp³-hybridized carbons (Fsp3) is 0.968. The van der Waals surface area contributed by atoms with E-state index in [0.717, 1.165) is 48.9 Å². The minimum absolute atomic E-state index is 0.0609. The second-order valence-corrected chi connectivity index (χ2v) is 12.1. The Morgan fingerprint density at radius 1 is 0.576 bits per heavy atom. The number of ether oxygens (including phenoxy) is 1. The molecule has 33 heavy (non-hydrogen) atoms. The smallest absolute Gasteiger partial charge is 0.306 e. The lowest BCUT2D eigenvalue weighted by Crippen LogP contribution is -2.31. The maximum absolute atomic E-state index is 12.1. The van der Waals surface area contributed by atoms with Crippen LogP contribution in [-0.4, -0.2) is 12.1 Å². The van der Waals surface area contributed by atoms with E-state index in [4.69, 9.17) is 4.74 Å². The topological polar surface area (TPSA) is 26.3 Å². The second-order valence-electron chi connectivity index (χ2n) is 12.1. The van der Waals surface area contributed by atoms with Crippen molar-refractivity contribution in [2.24, 2.45) is 29.6 Å². The summed E-state index contributed by atoms with van der Waals surface area (Å²) in [6.07, 6.45) is 29.6. The van der Waals surface area contributed by atoms with Crippen LogP contribution in [0.25, 0.3) is 0 Å². The highest BCUT2D eigenvalue weighted by Gasteiger charge is 2.35. The molecule has 0 bridgehead atoms. The molecule has 3 fully saturated rings. The van der Waals surface area contributed by atoms with E-state index < -0.39 is 0 Å². The van der Waals surface area contributed by atoms with Crippen molar-refractivity contribution in [3.8, 4) is 0 Å². The first kappa shape index (κ1) is 27.1. The highest BCUT2D eigenvalue weighted by molar-refractivity contribution is 5.69. The van der Waals surface area contributed by atoms with Crippen LogP contribution in [0.4, 0.5) is 0 Å². The van der Waals surface area contributed by atoms with Gasteiger partial charge in [-0.15, -0.1) is 0 Å². The molecule has 0 aromatic carbocycles. The Morgan fingerprint density at radius 2 is 1.03 bits per heavy atom. The second kappa shape index (κ2) is 15.5. The molecule has 0 amide bonds. The van der Waals surface area contributed by atoms with Crippen LogP contribution in [0.3, 0.4) is 0 Å². The molecule has 0 unspecified atom stereocenters. The average Bonchev–Trinajstić information content (AvgIpc) is 2.86. The molecule has 192 valence electrons. The largest absolute Gasteiger partial charge is 0.462 e. The number of esters is 1. The lowest BCUT2D eigenvalue weighted by molar-refractivity contribution is -0.151. The van der Waals surface area contributed by atoms with Crippen LogP contribution < -0.4 is 0 Å². The molecule has 0 heterocycles. The lowest BCUT2D eigenvalue weighted by atomic mass is 9.65. The molecule has 0 aromatic rings. The number of carbonyl (C=O) groups is 1. The van der Waals surface area contributed by atoms with Gasteiger partial charge in [0.1, 0.15) is 6.10 Å². The zero-order valence-electron chi connectivity index (χ0n) is 22.3. The first-order valence-electron chi connectivity index (χ1n) is 15.4. The summed E-state index contributed by atoms with van der Waals surface area (Å²) in [6.45, 7) is 4.53. The van der Waals surface area contributed by atoms with E-state index in [-0.39, 0.29) is 12.1 Å². The van der Waals surface area contributed by atoms with Gasteiger partial charge in [0.2, 0.25) is 0 Å². The predicted molar refractivity (Wildman–Crippen MR) is 140 cm³/mol. The SMILES string of the molecule is CCCCCCC(=O)OC1CCC(C2CCC(C3CCC(CCCCCC)CC3)CC2)CC1. The zero-order chi connectivity index (χ0) is 23.3. The summed E-state index contributed by atoms with van der Waals surface area (Å²) in [7, 11) is 0. The maximum atomic E-state index is 12.1. The summed E-state index contributed by atoms with van der Waals surface area (Å²) in [5.74, 6) is 5.06. The molecule has 3 rings (SSSR count). The molecule has 2 nitrogen and oxygen atoms in total. The molecule has 0 spiro atoms. The van der Waals surface area contributed by atoms with Gasteiger partial charge in [-0.25, -0.2) is 0 Å². The van der Waals surface area contributed by atoms with Gasteiger partial charge in [-0.3, -0.25) is 4.79 Å². The van der Waals surface area contributed by atoms with Crippen LogP contribution in [-0.2, 0) is 9.53 Å². The quantitative estimate of drug-likeness (QED) is 0.202. The summed E-state index contributed by atoms with van der Waals surface area (Å²) >= 11 is 0. The Kier molecular flexibility index (Phi) is 12.7. The van der Waals surface area contributed by atoms with Crippen LogP contribution >= 0.6 is 0 Å². The van der Waals surface area contributed by atoms with Gasteiger partial charge in [-0.2, -0.15) is 0 Å². The Bertz CT molecular complexity index is 505. The van der Waals surface area contributed by atoms with Crippen LogP contribution in [0.5, 0.6) is 0 Å². The van der Waals surface area contributed by atoms with Crippen molar-refractivity contribution in [3.05, 3.63) is 0 Å². The molecule has 0 aromatic heterocycles. The van der Waals surface area contributed by atoms with Gasteiger partial charge in [0.15, 0.2) is 0 Å². The third-order valence-electron chi connectivity index (χ3n) is 9.76. The molecule has 2 heteroatoms. The number of rotatable bonds is 13. The fourth-order valence-corrected chi connectivity index (χ4v) is 7.51. The van der Waals surface area contributed by atoms with Gasteiger partial charge in [-0.05, 0) is 100 Å². The minimum atomic E-state index is 0.0609. The summed E-state index contributed by atoms with van der Waals surface area (Å²) in [5.41, 5.74) is 0. The zero-order valence-corrected chi connectivity index (χ0v) is 22.3. The van der Waals surface area contributed by atoms with Gasteiger partial charge in [0.05, 0.1) is 0 Å². The van der Waals surface area contributed by atoms with E-state index in [1.807, 2.05) is 0 Å². The van der Waals surface area contributed by atoms with E-state index in [9.17, 15) is 4.79 Å². The molecule has 0 atom stereocenters. The van der Waals surface area contributed by atoms with Gasteiger partial charge >= 0.3 is 5.97 Å². The Morgan fingerprint density at radius 3 is 1.55 bits per heavy atom. The predicted octanol–water partition coefficient (Wildman–Crippen LogP) is 9.64. The molecule has 0 saturated heterocycles. The van der Waals surface area contributed by atoms with E-state index in [2.05, 4.69) is 13.8 Å². The standard InChI is InChI=1S/C31H56O2/c1-3-5-7-9-11-25-13-15-26(16-14-25)27-17-19-28(20-18-27)29-21-23-30(24-22-29)33-31(32)12-10-8-6-4-2/h25-30H,3-24H2,1-2H3. The molecule has 3 saturated carbocycles. The van der Waals surface area contributed by atoms with Crippen LogP contribution in [0.2, 0.25) is 0 Å². The first-order chi connectivity index (χ1) is 16.2. The van der Waals surface area contributed by atoms with Crippen molar-refractivity contribution in [2.45, 2.75) is 161 Å². The van der Waals surface area contributed by atoms with E-state index >= 15 is 0 Å². The molecule has 3 aliphatic carbocycles. The van der Waals surface area contributed by atoms with Crippen LogP contribution in [0.1, 0.15) is 155 Å². The van der Waals surface area contributed by atoms with Crippen molar-refractivity contribution in [2.75, 3.05) is 0 Å². The monoisotopic (exact) mass is 460 g/mol. The first-order valence-corrected chi connectivity index (χ1v) is 15.4. The van der Waals surface area contributed by atoms with Gasteiger partial charge in [0.25, 0.3) is 0 Å². The molecule has 0 radical (unpaired) electrons. The Labute approximate surface area is 206 Å². The van der Waals surface area contributed by atoms with Crippen molar-refractivity contribution < 1.29 is 9.53 Å². The third-order valence-corrected chi connectivity index (χ3v) is 9.76. The van der Waals surface area contributed by atoms with Crippen LogP contribution in [0, 0.1) is 29.6 Å². The highest BCUT2D eigenvalue weighted by Crippen LogP contribution is 2.46. The van der Waals surface area contributed by atoms with Gasteiger partial charge in [0, 0.05) is 6.42 Å². The summed E-state index contributed by atoms with van der Waals surface area (Å²) < 4.78 is 5.81. The van der Waals surface area contributed by atoms with Gasteiger partial charge < -0.3 is 4.74 Å². The van der Waals surface area contributed by atoms with Crippen molar-refractivity contribution in [3.63, 3.8) is 0 Å². The normalized spacial score (nSPS) is 33.0. The number of hydrogen-bond acceptors (Lipinski definition) is 2. The Hall–Kier alpha value is -0.530. The van der Waals surface area contributed by atoms with Crippen molar-refractivity contribution in [1.82, 2.24) is 0 Å². The molecular weight excluding hydrogens is 404 g/mol. The Balaban J connectivity index is 1.26. The maximum Gasteiger partial charge on any atom is 0.306 e. The number of hydrogen-bond donors (Lipinski definition) is 0. The number of carbonyl (C=O) groups excluding carboxylic acids is 1. The minimum Gasteiger partial charge on any atom is -0.462 e. The van der Waals surface area contributed by atoms with E-state index in [0.29, 0.717) is 6.42 Å². The molecule has 0 N–H and O–H groups in total. The summed E-state index contributed by atoms with van der Waals surface area (Å²) in [5, 5.41) is 0. The molecule has 0 aliphatic heterocycles. The lowest BCUT2D eigenvalue weighted by Gasteiger charge is -2.41.